The topological polar surface area (TPSA) is 70.8 Å². The highest BCUT2D eigenvalue weighted by Crippen LogP contribution is 2.36. The van der Waals surface area contributed by atoms with Gasteiger partial charge in [-0.1, -0.05) is 13.8 Å². The molecule has 1 fully saturated rings. The average molecular weight is 265 g/mol. The lowest BCUT2D eigenvalue weighted by atomic mass is 9.76. The van der Waals surface area contributed by atoms with Crippen molar-refractivity contribution in [3.05, 3.63) is 23.7 Å². The standard InChI is InChI=1S/C14H19NO4/c1-9-10(5-8-19-9)12(16)15-7-4-6-14(2,3)11(15)13(17)18/h5,8,11H,4,6-7H2,1-3H3,(H,17,18). The molecule has 0 spiro atoms. The van der Waals surface area contributed by atoms with Crippen LogP contribution in [0, 0.1) is 12.3 Å². The molecule has 0 aliphatic carbocycles. The molecule has 1 saturated heterocycles. The Labute approximate surface area is 112 Å². The molecule has 1 aliphatic rings. The van der Waals surface area contributed by atoms with Crippen LogP contribution in [0.1, 0.15) is 42.8 Å². The van der Waals surface area contributed by atoms with Gasteiger partial charge < -0.3 is 14.4 Å². The molecule has 1 atom stereocenters. The van der Waals surface area contributed by atoms with E-state index < -0.39 is 17.4 Å². The maximum Gasteiger partial charge on any atom is 0.326 e. The lowest BCUT2D eigenvalue weighted by Gasteiger charge is -2.43. The van der Waals surface area contributed by atoms with E-state index in [-0.39, 0.29) is 5.91 Å². The van der Waals surface area contributed by atoms with Crippen LogP contribution >= 0.6 is 0 Å². The van der Waals surface area contributed by atoms with Gasteiger partial charge in [-0.3, -0.25) is 4.79 Å². The number of piperidine rings is 1. The Balaban J connectivity index is 2.34. The number of aliphatic carboxylic acids is 1. The molecular weight excluding hydrogens is 246 g/mol. The number of amides is 1. The van der Waals surface area contributed by atoms with Crippen molar-refractivity contribution >= 4 is 11.9 Å². The molecule has 1 aliphatic heterocycles. The third-order valence-corrected chi connectivity index (χ3v) is 3.86. The van der Waals surface area contributed by atoms with Crippen LogP contribution in [-0.4, -0.2) is 34.5 Å². The smallest absolute Gasteiger partial charge is 0.326 e. The molecule has 0 radical (unpaired) electrons. The lowest BCUT2D eigenvalue weighted by molar-refractivity contribution is -0.148. The highest BCUT2D eigenvalue weighted by Gasteiger charge is 2.45. The second-order valence-electron chi connectivity index (χ2n) is 5.72. The SMILES string of the molecule is Cc1occc1C(=O)N1CCCC(C)(C)C1C(=O)O. The van der Waals surface area contributed by atoms with E-state index in [0.29, 0.717) is 17.9 Å². The Hall–Kier alpha value is -1.78. The molecule has 0 aromatic carbocycles. The van der Waals surface area contributed by atoms with Crippen LogP contribution in [-0.2, 0) is 4.79 Å². The van der Waals surface area contributed by atoms with Gasteiger partial charge in [0.1, 0.15) is 11.8 Å². The molecule has 1 aromatic rings. The number of rotatable bonds is 2. The first kappa shape index (κ1) is 13.6. The highest BCUT2D eigenvalue weighted by atomic mass is 16.4. The molecule has 1 unspecified atom stereocenters. The number of hydrogen-bond donors (Lipinski definition) is 1. The first-order valence-corrected chi connectivity index (χ1v) is 6.42. The molecule has 5 nitrogen and oxygen atoms in total. The van der Waals surface area contributed by atoms with E-state index in [1.807, 2.05) is 13.8 Å². The quantitative estimate of drug-likeness (QED) is 0.890. The zero-order valence-electron chi connectivity index (χ0n) is 11.5. The minimum absolute atomic E-state index is 0.258. The molecule has 104 valence electrons. The van der Waals surface area contributed by atoms with Crippen LogP contribution in [0.4, 0.5) is 0 Å². The fourth-order valence-electron chi connectivity index (χ4n) is 2.84. The van der Waals surface area contributed by atoms with Gasteiger partial charge in [-0.05, 0) is 31.2 Å². The maximum absolute atomic E-state index is 12.5. The van der Waals surface area contributed by atoms with Gasteiger partial charge in [-0.15, -0.1) is 0 Å². The summed E-state index contributed by atoms with van der Waals surface area (Å²) in [7, 11) is 0. The summed E-state index contributed by atoms with van der Waals surface area (Å²) in [5.41, 5.74) is 0.0288. The number of carboxylic acid groups (broad SMARTS) is 1. The molecule has 2 heterocycles. The summed E-state index contributed by atoms with van der Waals surface area (Å²) in [6.45, 7) is 5.98. The summed E-state index contributed by atoms with van der Waals surface area (Å²) >= 11 is 0. The lowest BCUT2D eigenvalue weighted by Crippen LogP contribution is -2.56. The molecule has 1 N–H and O–H groups in total. The third kappa shape index (κ3) is 2.37. The Kier molecular flexibility index (Phi) is 3.39. The van der Waals surface area contributed by atoms with Gasteiger partial charge in [0.2, 0.25) is 0 Å². The van der Waals surface area contributed by atoms with Crippen molar-refractivity contribution in [1.82, 2.24) is 4.90 Å². The van der Waals surface area contributed by atoms with Gasteiger partial charge in [-0.25, -0.2) is 4.79 Å². The number of likely N-dealkylation sites (tertiary alicyclic amines) is 1. The highest BCUT2D eigenvalue weighted by molar-refractivity contribution is 5.97. The van der Waals surface area contributed by atoms with Crippen molar-refractivity contribution in [1.29, 1.82) is 0 Å². The normalized spacial score (nSPS) is 22.3. The minimum atomic E-state index is -0.945. The van der Waals surface area contributed by atoms with E-state index in [1.54, 1.807) is 13.0 Å². The van der Waals surface area contributed by atoms with Crippen molar-refractivity contribution in [2.75, 3.05) is 6.54 Å². The number of aryl methyl sites for hydroxylation is 1. The van der Waals surface area contributed by atoms with Crippen LogP contribution in [0.15, 0.2) is 16.7 Å². The second-order valence-corrected chi connectivity index (χ2v) is 5.72. The van der Waals surface area contributed by atoms with Crippen LogP contribution < -0.4 is 0 Å². The predicted octanol–water partition coefficient (Wildman–Crippen LogP) is 2.30. The number of carbonyl (C=O) groups is 2. The Bertz CT molecular complexity index is 503. The molecule has 0 saturated carbocycles. The third-order valence-electron chi connectivity index (χ3n) is 3.86. The monoisotopic (exact) mass is 265 g/mol. The fraction of sp³-hybridized carbons (Fsp3) is 0.571. The number of carboxylic acids is 1. The largest absolute Gasteiger partial charge is 0.480 e. The number of carbonyl (C=O) groups excluding carboxylic acids is 1. The van der Waals surface area contributed by atoms with Crippen LogP contribution in [0.2, 0.25) is 0 Å². The molecule has 5 heteroatoms. The van der Waals surface area contributed by atoms with E-state index in [4.69, 9.17) is 4.42 Å². The van der Waals surface area contributed by atoms with E-state index in [9.17, 15) is 14.7 Å². The molecule has 19 heavy (non-hydrogen) atoms. The summed E-state index contributed by atoms with van der Waals surface area (Å²) in [5.74, 6) is -0.678. The number of furan rings is 1. The van der Waals surface area contributed by atoms with Gasteiger partial charge in [0.05, 0.1) is 11.8 Å². The second kappa shape index (κ2) is 4.72. The molecule has 2 rings (SSSR count). The van der Waals surface area contributed by atoms with Gasteiger partial charge in [0.25, 0.3) is 5.91 Å². The van der Waals surface area contributed by atoms with Gasteiger partial charge in [0, 0.05) is 6.54 Å². The summed E-state index contributed by atoms with van der Waals surface area (Å²) in [4.78, 5) is 25.5. The summed E-state index contributed by atoms with van der Waals surface area (Å²) in [6, 6.07) is 0.807. The molecule has 1 aromatic heterocycles. The van der Waals surface area contributed by atoms with Crippen molar-refractivity contribution < 1.29 is 19.1 Å². The van der Waals surface area contributed by atoms with Crippen LogP contribution in [0.25, 0.3) is 0 Å². The number of hydrogen-bond acceptors (Lipinski definition) is 3. The Morgan fingerprint density at radius 3 is 2.68 bits per heavy atom. The van der Waals surface area contributed by atoms with E-state index >= 15 is 0 Å². The van der Waals surface area contributed by atoms with Gasteiger partial charge >= 0.3 is 5.97 Å². The molecule has 1 amide bonds. The molecular formula is C14H19NO4. The summed E-state index contributed by atoms with van der Waals surface area (Å²) < 4.78 is 5.13. The van der Waals surface area contributed by atoms with E-state index in [2.05, 4.69) is 0 Å². The Morgan fingerprint density at radius 2 is 2.16 bits per heavy atom. The Morgan fingerprint density at radius 1 is 1.47 bits per heavy atom. The van der Waals surface area contributed by atoms with Gasteiger partial charge in [-0.2, -0.15) is 0 Å². The predicted molar refractivity (Wildman–Crippen MR) is 68.9 cm³/mol. The zero-order valence-corrected chi connectivity index (χ0v) is 11.5. The first-order valence-electron chi connectivity index (χ1n) is 6.42. The summed E-state index contributed by atoms with van der Waals surface area (Å²) in [5, 5.41) is 9.44. The van der Waals surface area contributed by atoms with E-state index in [1.165, 1.54) is 11.2 Å². The fourth-order valence-corrected chi connectivity index (χ4v) is 2.84. The van der Waals surface area contributed by atoms with Crippen molar-refractivity contribution in [3.8, 4) is 0 Å². The van der Waals surface area contributed by atoms with E-state index in [0.717, 1.165) is 12.8 Å². The maximum atomic E-state index is 12.5. The van der Waals surface area contributed by atoms with Crippen molar-refractivity contribution in [2.24, 2.45) is 5.41 Å². The average Bonchev–Trinajstić information content (AvgIpc) is 2.72. The van der Waals surface area contributed by atoms with Crippen LogP contribution in [0.5, 0.6) is 0 Å². The molecule has 0 bridgehead atoms. The van der Waals surface area contributed by atoms with Crippen molar-refractivity contribution in [2.45, 2.75) is 39.7 Å². The van der Waals surface area contributed by atoms with Crippen molar-refractivity contribution in [3.63, 3.8) is 0 Å². The zero-order chi connectivity index (χ0) is 14.2. The number of nitrogens with zero attached hydrogens (tertiary/aromatic N) is 1. The summed E-state index contributed by atoms with van der Waals surface area (Å²) in [6.07, 6.45) is 3.07. The first-order chi connectivity index (χ1) is 8.84. The van der Waals surface area contributed by atoms with Crippen LogP contribution in [0.3, 0.4) is 0 Å². The minimum Gasteiger partial charge on any atom is -0.480 e. The van der Waals surface area contributed by atoms with Gasteiger partial charge in [0.15, 0.2) is 0 Å².